The molecular formula is C22H23Cl3. The molecule has 2 aromatic rings. The van der Waals surface area contributed by atoms with E-state index in [1.165, 1.54) is 59.1 Å². The van der Waals surface area contributed by atoms with Gasteiger partial charge in [0.15, 0.2) is 0 Å². The van der Waals surface area contributed by atoms with Crippen molar-refractivity contribution in [1.82, 2.24) is 0 Å². The Hall–Kier alpha value is -0.690. The quantitative estimate of drug-likeness (QED) is 0.484. The molecule has 0 amide bonds. The van der Waals surface area contributed by atoms with Gasteiger partial charge in [-0.2, -0.15) is 0 Å². The highest BCUT2D eigenvalue weighted by molar-refractivity contribution is 6.68. The second-order valence-electron chi connectivity index (χ2n) is 7.36. The zero-order valence-electron chi connectivity index (χ0n) is 14.3. The lowest BCUT2D eigenvalue weighted by atomic mass is 9.78. The Morgan fingerprint density at radius 3 is 1.52 bits per heavy atom. The summed E-state index contributed by atoms with van der Waals surface area (Å²) in [5.74, 6) is -0.196. The molecule has 4 rings (SSSR count). The second-order valence-corrected chi connectivity index (χ2v) is 9.73. The molecule has 3 heteroatoms. The van der Waals surface area contributed by atoms with Gasteiger partial charge in [0, 0.05) is 0 Å². The van der Waals surface area contributed by atoms with Crippen molar-refractivity contribution in [3.05, 3.63) is 69.8 Å². The highest BCUT2D eigenvalue weighted by atomic mass is 35.6. The molecule has 0 bridgehead atoms. The lowest BCUT2D eigenvalue weighted by Gasteiger charge is -2.32. The van der Waals surface area contributed by atoms with E-state index >= 15 is 0 Å². The minimum absolute atomic E-state index is 0.196. The average molecular weight is 394 g/mol. The third-order valence-corrected chi connectivity index (χ3v) is 6.47. The number of rotatable bonds is 2. The highest BCUT2D eigenvalue weighted by Gasteiger charge is 2.38. The number of hydrogen-bond donors (Lipinski definition) is 0. The van der Waals surface area contributed by atoms with E-state index in [9.17, 15) is 0 Å². The van der Waals surface area contributed by atoms with Crippen molar-refractivity contribution in [2.24, 2.45) is 0 Å². The van der Waals surface area contributed by atoms with Gasteiger partial charge in [-0.1, -0.05) is 71.2 Å². The maximum Gasteiger partial charge on any atom is 0.201 e. The average Bonchev–Trinajstić information content (AvgIpc) is 2.61. The smallest absolute Gasteiger partial charge is 0.0826 e. The van der Waals surface area contributed by atoms with E-state index in [4.69, 9.17) is 34.8 Å². The number of fused-ring (bicyclic) bond motifs is 2. The first-order chi connectivity index (χ1) is 12.1. The molecule has 0 atom stereocenters. The molecule has 0 spiro atoms. The van der Waals surface area contributed by atoms with E-state index in [-0.39, 0.29) is 5.92 Å². The van der Waals surface area contributed by atoms with Crippen LogP contribution in [-0.4, -0.2) is 3.79 Å². The molecule has 0 fully saturated rings. The molecular weight excluding hydrogens is 371 g/mol. The zero-order chi connectivity index (χ0) is 17.4. The summed E-state index contributed by atoms with van der Waals surface area (Å²) in [6, 6.07) is 13.1. The summed E-state index contributed by atoms with van der Waals surface area (Å²) in [6.45, 7) is 0. The molecule has 0 radical (unpaired) electrons. The van der Waals surface area contributed by atoms with Crippen molar-refractivity contribution in [3.63, 3.8) is 0 Å². The first kappa shape index (κ1) is 17.7. The van der Waals surface area contributed by atoms with Crippen LogP contribution in [-0.2, 0) is 25.7 Å². The first-order valence-corrected chi connectivity index (χ1v) is 10.5. The summed E-state index contributed by atoms with van der Waals surface area (Å²) in [5.41, 5.74) is 8.14. The molecule has 0 nitrogen and oxygen atoms in total. The lowest BCUT2D eigenvalue weighted by Crippen LogP contribution is -2.24. The first-order valence-electron chi connectivity index (χ1n) is 9.34. The van der Waals surface area contributed by atoms with E-state index in [0.29, 0.717) is 0 Å². The van der Waals surface area contributed by atoms with Gasteiger partial charge < -0.3 is 0 Å². The molecule has 0 saturated carbocycles. The molecule has 0 heterocycles. The Kier molecular flexibility index (Phi) is 5.06. The van der Waals surface area contributed by atoms with Gasteiger partial charge >= 0.3 is 0 Å². The van der Waals surface area contributed by atoms with Crippen LogP contribution in [0.25, 0.3) is 0 Å². The standard InChI is InChI=1S/C22H23Cl3/c23-22(24,25)21(19-13-5-9-15-7-1-3-11-17(15)19)20-14-6-10-16-8-2-4-12-18(16)20/h5-6,9-10,13-14,21H,1-4,7-8,11-12H2. The van der Waals surface area contributed by atoms with Gasteiger partial charge in [0.05, 0.1) is 5.92 Å². The van der Waals surface area contributed by atoms with Crippen LogP contribution in [0.2, 0.25) is 0 Å². The predicted molar refractivity (Wildman–Crippen MR) is 108 cm³/mol. The summed E-state index contributed by atoms with van der Waals surface area (Å²) >= 11 is 19.8. The van der Waals surface area contributed by atoms with Crippen LogP contribution in [0.5, 0.6) is 0 Å². The monoisotopic (exact) mass is 392 g/mol. The van der Waals surface area contributed by atoms with Crippen LogP contribution in [0.3, 0.4) is 0 Å². The van der Waals surface area contributed by atoms with Crippen LogP contribution in [0.1, 0.15) is 65.0 Å². The van der Waals surface area contributed by atoms with Gasteiger partial charge in [-0.05, 0) is 84.7 Å². The largest absolute Gasteiger partial charge is 0.201 e. The number of alkyl halides is 3. The van der Waals surface area contributed by atoms with E-state index in [1.54, 1.807) is 0 Å². The Bertz CT molecular complexity index is 714. The fraction of sp³-hybridized carbons (Fsp3) is 0.455. The van der Waals surface area contributed by atoms with Crippen LogP contribution in [0, 0.1) is 0 Å². The Morgan fingerprint density at radius 1 is 0.640 bits per heavy atom. The van der Waals surface area contributed by atoms with Crippen molar-refractivity contribution in [2.75, 3.05) is 0 Å². The minimum Gasteiger partial charge on any atom is -0.0826 e. The molecule has 0 unspecified atom stereocenters. The number of halogens is 3. The van der Waals surface area contributed by atoms with Gasteiger partial charge in [-0.15, -0.1) is 0 Å². The molecule has 25 heavy (non-hydrogen) atoms. The molecule has 132 valence electrons. The van der Waals surface area contributed by atoms with Crippen LogP contribution < -0.4 is 0 Å². The molecule has 0 aromatic heterocycles. The normalized spacial score (nSPS) is 17.3. The van der Waals surface area contributed by atoms with E-state index < -0.39 is 3.79 Å². The number of hydrogen-bond acceptors (Lipinski definition) is 0. The maximum absolute atomic E-state index is 6.58. The van der Waals surface area contributed by atoms with Gasteiger partial charge in [-0.3, -0.25) is 0 Å². The number of benzene rings is 2. The summed E-state index contributed by atoms with van der Waals surface area (Å²) in [5, 5.41) is 0. The SMILES string of the molecule is ClC(Cl)(Cl)C(c1cccc2c1CCCC2)c1cccc2c1CCCC2. The van der Waals surface area contributed by atoms with Gasteiger partial charge in [0.25, 0.3) is 0 Å². The van der Waals surface area contributed by atoms with Crippen molar-refractivity contribution in [1.29, 1.82) is 0 Å². The Balaban J connectivity index is 1.90. The Morgan fingerprint density at radius 2 is 1.08 bits per heavy atom. The second kappa shape index (κ2) is 7.14. The molecule has 2 aliphatic rings. The van der Waals surface area contributed by atoms with Gasteiger partial charge in [0.2, 0.25) is 3.79 Å². The zero-order valence-corrected chi connectivity index (χ0v) is 16.6. The van der Waals surface area contributed by atoms with Crippen LogP contribution in [0.4, 0.5) is 0 Å². The molecule has 0 saturated heterocycles. The van der Waals surface area contributed by atoms with E-state index in [1.807, 2.05) is 0 Å². The molecule has 2 aromatic carbocycles. The maximum atomic E-state index is 6.58. The number of aryl methyl sites for hydroxylation is 2. The minimum atomic E-state index is -1.35. The third kappa shape index (κ3) is 3.46. The van der Waals surface area contributed by atoms with Crippen molar-refractivity contribution < 1.29 is 0 Å². The Labute approximate surface area is 165 Å². The third-order valence-electron chi connectivity index (χ3n) is 5.81. The molecule has 0 N–H and O–H groups in total. The van der Waals surface area contributed by atoms with Crippen molar-refractivity contribution in [3.8, 4) is 0 Å². The van der Waals surface area contributed by atoms with E-state index in [0.717, 1.165) is 25.7 Å². The van der Waals surface area contributed by atoms with Gasteiger partial charge in [0.1, 0.15) is 0 Å². The van der Waals surface area contributed by atoms with E-state index in [2.05, 4.69) is 36.4 Å². The molecule has 0 aliphatic heterocycles. The summed E-state index contributed by atoms with van der Waals surface area (Å²) in [7, 11) is 0. The van der Waals surface area contributed by atoms with Crippen LogP contribution in [0.15, 0.2) is 36.4 Å². The summed E-state index contributed by atoms with van der Waals surface area (Å²) in [4.78, 5) is 0. The van der Waals surface area contributed by atoms with Gasteiger partial charge in [-0.25, -0.2) is 0 Å². The topological polar surface area (TPSA) is 0 Å². The highest BCUT2D eigenvalue weighted by Crippen LogP contribution is 2.49. The fourth-order valence-corrected chi connectivity index (χ4v) is 5.39. The van der Waals surface area contributed by atoms with Crippen molar-refractivity contribution >= 4 is 34.8 Å². The predicted octanol–water partition coefficient (Wildman–Crippen LogP) is 6.95. The van der Waals surface area contributed by atoms with Crippen LogP contribution >= 0.6 is 34.8 Å². The van der Waals surface area contributed by atoms with Crippen molar-refractivity contribution in [2.45, 2.75) is 61.1 Å². The summed E-state index contributed by atoms with van der Waals surface area (Å²) in [6.07, 6.45) is 9.44. The lowest BCUT2D eigenvalue weighted by molar-refractivity contribution is 0.656. The fourth-order valence-electron chi connectivity index (χ4n) is 4.68. The molecule has 2 aliphatic carbocycles. The summed E-state index contributed by atoms with van der Waals surface area (Å²) < 4.78 is -1.35.